The van der Waals surface area contributed by atoms with E-state index in [2.05, 4.69) is 10.6 Å². The Morgan fingerprint density at radius 3 is 2.08 bits per heavy atom. The molecule has 2 N–H and O–H groups in total. The first kappa shape index (κ1) is 17.3. The van der Waals surface area contributed by atoms with E-state index in [0.717, 1.165) is 28.4 Å². The van der Waals surface area contributed by atoms with Crippen molar-refractivity contribution < 1.29 is 9.53 Å². The molecule has 0 bridgehead atoms. The maximum absolute atomic E-state index is 12.0. The van der Waals surface area contributed by atoms with Gasteiger partial charge in [-0.25, -0.2) is 0 Å². The molecule has 0 aliphatic rings. The normalized spacial score (nSPS) is 10.5. The van der Waals surface area contributed by atoms with Gasteiger partial charge in [0.25, 0.3) is 0 Å². The molecule has 3 aromatic carbocycles. The Bertz CT molecular complexity index is 870. The molecule has 4 nitrogen and oxygen atoms in total. The predicted octanol–water partition coefficient (Wildman–Crippen LogP) is 5.09. The van der Waals surface area contributed by atoms with Gasteiger partial charge < -0.3 is 15.4 Å². The minimum atomic E-state index is -0.176. The molecule has 130 valence electrons. The second-order valence-electron chi connectivity index (χ2n) is 5.66. The zero-order valence-corrected chi connectivity index (χ0v) is 14.5. The first-order valence-corrected chi connectivity index (χ1v) is 8.28. The van der Waals surface area contributed by atoms with Crippen molar-refractivity contribution in [2.24, 2.45) is 0 Å². The van der Waals surface area contributed by atoms with Crippen LogP contribution in [-0.2, 0) is 4.79 Å². The van der Waals surface area contributed by atoms with Crippen molar-refractivity contribution >= 4 is 29.0 Å². The number of amides is 1. The first-order chi connectivity index (χ1) is 12.7. The summed E-state index contributed by atoms with van der Waals surface area (Å²) in [5, 5.41) is 6.15. The average molecular weight is 344 g/mol. The number of methoxy groups -OCH3 is 1. The smallest absolute Gasteiger partial charge is 0.248 e. The molecule has 0 radical (unpaired) electrons. The summed E-state index contributed by atoms with van der Waals surface area (Å²) >= 11 is 0. The molecule has 0 saturated heterocycles. The molecule has 0 heterocycles. The molecule has 0 aliphatic heterocycles. The summed E-state index contributed by atoms with van der Waals surface area (Å²) < 4.78 is 5.11. The third-order valence-electron chi connectivity index (χ3n) is 3.76. The van der Waals surface area contributed by atoms with Gasteiger partial charge >= 0.3 is 0 Å². The van der Waals surface area contributed by atoms with Crippen LogP contribution in [0.2, 0.25) is 0 Å². The number of anilines is 3. The number of para-hydroxylation sites is 1. The van der Waals surface area contributed by atoms with E-state index in [1.54, 1.807) is 13.2 Å². The molecule has 1 amide bonds. The number of ether oxygens (including phenoxy) is 1. The summed E-state index contributed by atoms with van der Waals surface area (Å²) in [5.74, 6) is 0.611. The fourth-order valence-corrected chi connectivity index (χ4v) is 2.40. The molecule has 0 aliphatic carbocycles. The lowest BCUT2D eigenvalue weighted by atomic mass is 10.2. The molecule has 4 heteroatoms. The Kier molecular flexibility index (Phi) is 5.68. The van der Waals surface area contributed by atoms with Crippen molar-refractivity contribution in [2.45, 2.75) is 0 Å². The highest BCUT2D eigenvalue weighted by molar-refractivity contribution is 6.02. The van der Waals surface area contributed by atoms with E-state index in [1.165, 1.54) is 6.08 Å². The maximum Gasteiger partial charge on any atom is 0.248 e. The van der Waals surface area contributed by atoms with Crippen molar-refractivity contribution in [2.75, 3.05) is 17.7 Å². The topological polar surface area (TPSA) is 50.4 Å². The van der Waals surface area contributed by atoms with Gasteiger partial charge in [-0.2, -0.15) is 0 Å². The average Bonchev–Trinajstić information content (AvgIpc) is 2.69. The molecule has 0 saturated carbocycles. The molecule has 0 atom stereocenters. The highest BCUT2D eigenvalue weighted by atomic mass is 16.5. The number of nitrogens with one attached hydrogen (secondary N) is 2. The fourth-order valence-electron chi connectivity index (χ4n) is 2.40. The van der Waals surface area contributed by atoms with E-state index in [4.69, 9.17) is 4.74 Å². The van der Waals surface area contributed by atoms with Crippen LogP contribution in [0.1, 0.15) is 5.56 Å². The van der Waals surface area contributed by atoms with Gasteiger partial charge in [-0.3, -0.25) is 4.79 Å². The Balaban J connectivity index is 1.56. The molecule has 26 heavy (non-hydrogen) atoms. The van der Waals surface area contributed by atoms with E-state index in [9.17, 15) is 4.79 Å². The van der Waals surface area contributed by atoms with Crippen LogP contribution in [0.25, 0.3) is 6.08 Å². The Labute approximate surface area is 153 Å². The van der Waals surface area contributed by atoms with Gasteiger partial charge in [-0.05, 0) is 60.2 Å². The zero-order valence-electron chi connectivity index (χ0n) is 14.5. The lowest BCUT2D eigenvalue weighted by Crippen LogP contribution is -2.07. The third-order valence-corrected chi connectivity index (χ3v) is 3.76. The lowest BCUT2D eigenvalue weighted by Gasteiger charge is -2.07. The summed E-state index contributed by atoms with van der Waals surface area (Å²) in [7, 11) is 1.62. The van der Waals surface area contributed by atoms with Crippen LogP contribution in [0.5, 0.6) is 5.75 Å². The summed E-state index contributed by atoms with van der Waals surface area (Å²) in [5.41, 5.74) is 3.66. The number of hydrogen-bond acceptors (Lipinski definition) is 3. The SMILES string of the molecule is COc1ccc(C=CC(=O)Nc2ccc(Nc3ccccc3)cc2)cc1. The van der Waals surface area contributed by atoms with Crippen molar-refractivity contribution in [1.82, 2.24) is 0 Å². The second-order valence-corrected chi connectivity index (χ2v) is 5.66. The van der Waals surface area contributed by atoms with Crippen LogP contribution in [0.15, 0.2) is 84.9 Å². The van der Waals surface area contributed by atoms with Gasteiger partial charge in [0.15, 0.2) is 0 Å². The van der Waals surface area contributed by atoms with Crippen LogP contribution in [0, 0.1) is 0 Å². The van der Waals surface area contributed by atoms with E-state index < -0.39 is 0 Å². The van der Waals surface area contributed by atoms with Crippen LogP contribution in [-0.4, -0.2) is 13.0 Å². The molecule has 3 aromatic rings. The van der Waals surface area contributed by atoms with E-state index >= 15 is 0 Å². The van der Waals surface area contributed by atoms with Crippen molar-refractivity contribution in [3.63, 3.8) is 0 Å². The fraction of sp³-hybridized carbons (Fsp3) is 0.0455. The molecule has 0 spiro atoms. The maximum atomic E-state index is 12.0. The number of carbonyl (C=O) groups is 1. The Hall–Kier alpha value is -3.53. The number of benzene rings is 3. The number of carbonyl (C=O) groups excluding carboxylic acids is 1. The molecule has 0 fully saturated rings. The molecule has 0 unspecified atom stereocenters. The van der Waals surface area contributed by atoms with Crippen molar-refractivity contribution in [3.05, 3.63) is 90.5 Å². The summed E-state index contributed by atoms with van der Waals surface area (Å²) in [6.45, 7) is 0. The van der Waals surface area contributed by atoms with E-state index in [-0.39, 0.29) is 5.91 Å². The predicted molar refractivity (Wildman–Crippen MR) is 107 cm³/mol. The highest BCUT2D eigenvalue weighted by Crippen LogP contribution is 2.18. The van der Waals surface area contributed by atoms with E-state index in [0.29, 0.717) is 0 Å². The summed E-state index contributed by atoms with van der Waals surface area (Å²) in [6, 6.07) is 25.0. The molecule has 0 aromatic heterocycles. The largest absolute Gasteiger partial charge is 0.497 e. The van der Waals surface area contributed by atoms with Gasteiger partial charge in [0, 0.05) is 23.1 Å². The molecular formula is C22H20N2O2. The number of hydrogen-bond donors (Lipinski definition) is 2. The Morgan fingerprint density at radius 2 is 1.42 bits per heavy atom. The van der Waals surface area contributed by atoms with Crippen LogP contribution in [0.4, 0.5) is 17.1 Å². The minimum Gasteiger partial charge on any atom is -0.497 e. The van der Waals surface area contributed by atoms with Crippen LogP contribution < -0.4 is 15.4 Å². The standard InChI is InChI=1S/C22H20N2O2/c1-26-21-14-7-17(8-15-21)9-16-22(25)24-20-12-10-19(11-13-20)23-18-5-3-2-4-6-18/h2-16,23H,1H3,(H,24,25). The lowest BCUT2D eigenvalue weighted by molar-refractivity contribution is -0.111. The quantitative estimate of drug-likeness (QED) is 0.612. The second kappa shape index (κ2) is 8.53. The first-order valence-electron chi connectivity index (χ1n) is 8.28. The van der Waals surface area contributed by atoms with Crippen LogP contribution in [0.3, 0.4) is 0 Å². The van der Waals surface area contributed by atoms with Gasteiger partial charge in [0.05, 0.1) is 7.11 Å². The van der Waals surface area contributed by atoms with Gasteiger partial charge in [-0.1, -0.05) is 30.3 Å². The van der Waals surface area contributed by atoms with Crippen molar-refractivity contribution in [1.29, 1.82) is 0 Å². The van der Waals surface area contributed by atoms with Crippen LogP contribution >= 0.6 is 0 Å². The summed E-state index contributed by atoms with van der Waals surface area (Å²) in [6.07, 6.45) is 3.28. The monoisotopic (exact) mass is 344 g/mol. The minimum absolute atomic E-state index is 0.176. The molecular weight excluding hydrogens is 324 g/mol. The molecule has 3 rings (SSSR count). The highest BCUT2D eigenvalue weighted by Gasteiger charge is 1.99. The third kappa shape index (κ3) is 4.98. The zero-order chi connectivity index (χ0) is 18.2. The van der Waals surface area contributed by atoms with Gasteiger partial charge in [0.2, 0.25) is 5.91 Å². The van der Waals surface area contributed by atoms with Gasteiger partial charge in [0.1, 0.15) is 5.75 Å². The summed E-state index contributed by atoms with van der Waals surface area (Å²) in [4.78, 5) is 12.0. The number of rotatable bonds is 6. The van der Waals surface area contributed by atoms with Gasteiger partial charge in [-0.15, -0.1) is 0 Å². The Morgan fingerprint density at radius 1 is 0.808 bits per heavy atom. The van der Waals surface area contributed by atoms with E-state index in [1.807, 2.05) is 78.9 Å². The van der Waals surface area contributed by atoms with Crippen molar-refractivity contribution in [3.8, 4) is 5.75 Å².